The average molecular weight is 324 g/mol. The Balaban J connectivity index is 0.00000161. The minimum absolute atomic E-state index is 0. The molecule has 0 aliphatic carbocycles. The van der Waals surface area contributed by atoms with Crippen LogP contribution in [0.5, 0.6) is 0 Å². The molecule has 0 fully saturated rings. The van der Waals surface area contributed by atoms with E-state index in [9.17, 15) is 4.79 Å². The predicted molar refractivity (Wildman–Crippen MR) is 86.3 cm³/mol. The van der Waals surface area contributed by atoms with Gasteiger partial charge >= 0.3 is 0 Å². The Kier molecular flexibility index (Phi) is 5.17. The molecule has 0 bridgehead atoms. The maximum atomic E-state index is 12.1. The molecule has 0 radical (unpaired) electrons. The van der Waals surface area contributed by atoms with Gasteiger partial charge in [0.05, 0.1) is 5.56 Å². The number of nitrogens with one attached hydrogen (secondary N) is 2. The molecule has 2 heterocycles. The van der Waals surface area contributed by atoms with Gasteiger partial charge in [-0.15, -0.1) is 12.4 Å². The van der Waals surface area contributed by atoms with Gasteiger partial charge in [-0.1, -0.05) is 17.7 Å². The van der Waals surface area contributed by atoms with E-state index in [1.807, 2.05) is 12.1 Å². The second-order valence-electron chi connectivity index (χ2n) is 4.73. The molecule has 1 amide bonds. The Morgan fingerprint density at radius 1 is 1.24 bits per heavy atom. The van der Waals surface area contributed by atoms with Crippen molar-refractivity contribution in [3.63, 3.8) is 0 Å². The first-order valence-corrected chi connectivity index (χ1v) is 6.85. The van der Waals surface area contributed by atoms with Crippen molar-refractivity contribution in [1.29, 1.82) is 0 Å². The van der Waals surface area contributed by atoms with E-state index in [0.29, 0.717) is 10.7 Å². The number of hydrogen-bond acceptors (Lipinski definition) is 3. The topological polar surface area (TPSA) is 54.0 Å². The SMILES string of the molecule is Cl.O=C(Nc1ccc2c(c1)CNCC2)c1ccc(Cl)nc1. The molecule has 2 aromatic rings. The monoisotopic (exact) mass is 323 g/mol. The van der Waals surface area contributed by atoms with Gasteiger partial charge in [-0.25, -0.2) is 4.98 Å². The Bertz CT molecular complexity index is 644. The van der Waals surface area contributed by atoms with Crippen molar-refractivity contribution in [2.75, 3.05) is 11.9 Å². The third-order valence-corrected chi connectivity index (χ3v) is 3.56. The number of aromatic nitrogens is 1. The van der Waals surface area contributed by atoms with E-state index < -0.39 is 0 Å². The van der Waals surface area contributed by atoms with E-state index in [4.69, 9.17) is 11.6 Å². The summed E-state index contributed by atoms with van der Waals surface area (Å²) in [7, 11) is 0. The number of nitrogens with zero attached hydrogens (tertiary/aromatic N) is 1. The number of benzene rings is 1. The predicted octanol–water partition coefficient (Wildman–Crippen LogP) is 3.05. The number of hydrogen-bond donors (Lipinski definition) is 2. The van der Waals surface area contributed by atoms with Gasteiger partial charge in [0.1, 0.15) is 5.15 Å². The molecule has 3 rings (SSSR count). The Morgan fingerprint density at radius 2 is 2.10 bits per heavy atom. The minimum atomic E-state index is -0.183. The largest absolute Gasteiger partial charge is 0.322 e. The first-order valence-electron chi connectivity index (χ1n) is 6.48. The summed E-state index contributed by atoms with van der Waals surface area (Å²) in [4.78, 5) is 16.0. The number of fused-ring (bicyclic) bond motifs is 1. The average Bonchev–Trinajstić information content (AvgIpc) is 2.48. The van der Waals surface area contributed by atoms with Crippen molar-refractivity contribution in [2.45, 2.75) is 13.0 Å². The van der Waals surface area contributed by atoms with E-state index in [1.54, 1.807) is 12.1 Å². The Hall–Kier alpha value is -1.62. The summed E-state index contributed by atoms with van der Waals surface area (Å²) in [6, 6.07) is 9.29. The standard InChI is InChI=1S/C15H14ClN3O.ClH/c16-14-4-2-11(9-18-14)15(20)19-13-3-1-10-5-6-17-8-12(10)7-13;/h1-4,7,9,17H,5-6,8H2,(H,19,20);1H. The maximum Gasteiger partial charge on any atom is 0.257 e. The number of pyridine rings is 1. The van der Waals surface area contributed by atoms with Gasteiger partial charge in [0.15, 0.2) is 0 Å². The van der Waals surface area contributed by atoms with Gasteiger partial charge in [-0.3, -0.25) is 4.79 Å². The fraction of sp³-hybridized carbons (Fsp3) is 0.200. The molecule has 21 heavy (non-hydrogen) atoms. The molecule has 6 heteroatoms. The van der Waals surface area contributed by atoms with Crippen molar-refractivity contribution < 1.29 is 4.79 Å². The molecule has 1 aliphatic rings. The molecule has 110 valence electrons. The number of carbonyl (C=O) groups excluding carboxylic acids is 1. The van der Waals surface area contributed by atoms with Crippen molar-refractivity contribution in [3.8, 4) is 0 Å². The van der Waals surface area contributed by atoms with Gasteiger partial charge < -0.3 is 10.6 Å². The van der Waals surface area contributed by atoms with Crippen LogP contribution in [0.1, 0.15) is 21.5 Å². The molecule has 1 aliphatic heterocycles. The van der Waals surface area contributed by atoms with E-state index in [-0.39, 0.29) is 18.3 Å². The van der Waals surface area contributed by atoms with Crippen LogP contribution in [-0.2, 0) is 13.0 Å². The zero-order valence-electron chi connectivity index (χ0n) is 11.2. The molecule has 2 N–H and O–H groups in total. The second kappa shape index (κ2) is 6.89. The van der Waals surface area contributed by atoms with Crippen LogP contribution in [0.3, 0.4) is 0 Å². The molecule has 0 spiro atoms. The van der Waals surface area contributed by atoms with Gasteiger partial charge in [-0.2, -0.15) is 0 Å². The summed E-state index contributed by atoms with van der Waals surface area (Å²) >= 11 is 5.71. The number of halogens is 2. The van der Waals surface area contributed by atoms with E-state index >= 15 is 0 Å². The highest BCUT2D eigenvalue weighted by Crippen LogP contribution is 2.19. The fourth-order valence-electron chi connectivity index (χ4n) is 2.27. The van der Waals surface area contributed by atoms with Crippen LogP contribution in [-0.4, -0.2) is 17.4 Å². The van der Waals surface area contributed by atoms with Gasteiger partial charge in [0.2, 0.25) is 0 Å². The summed E-state index contributed by atoms with van der Waals surface area (Å²) in [5, 5.41) is 6.58. The normalized spacial score (nSPS) is 13.0. The minimum Gasteiger partial charge on any atom is -0.322 e. The lowest BCUT2D eigenvalue weighted by Gasteiger charge is -2.18. The highest BCUT2D eigenvalue weighted by atomic mass is 35.5. The first-order chi connectivity index (χ1) is 9.72. The van der Waals surface area contributed by atoms with Crippen LogP contribution in [0.25, 0.3) is 0 Å². The highest BCUT2D eigenvalue weighted by molar-refractivity contribution is 6.29. The summed E-state index contributed by atoms with van der Waals surface area (Å²) in [6.45, 7) is 1.86. The number of rotatable bonds is 2. The highest BCUT2D eigenvalue weighted by Gasteiger charge is 2.11. The molecule has 1 aromatic heterocycles. The smallest absolute Gasteiger partial charge is 0.257 e. The van der Waals surface area contributed by atoms with Gasteiger partial charge in [0.25, 0.3) is 5.91 Å². The van der Waals surface area contributed by atoms with Gasteiger partial charge in [-0.05, 0) is 48.4 Å². The molecule has 0 saturated heterocycles. The zero-order valence-corrected chi connectivity index (χ0v) is 12.8. The number of carbonyl (C=O) groups is 1. The molecule has 1 aromatic carbocycles. The molecule has 0 saturated carbocycles. The van der Waals surface area contributed by atoms with Crippen molar-refractivity contribution in [3.05, 3.63) is 58.4 Å². The van der Waals surface area contributed by atoms with E-state index in [2.05, 4.69) is 21.7 Å². The quantitative estimate of drug-likeness (QED) is 0.835. The lowest BCUT2D eigenvalue weighted by atomic mass is 10.0. The third kappa shape index (κ3) is 3.73. The second-order valence-corrected chi connectivity index (χ2v) is 5.12. The lowest BCUT2D eigenvalue weighted by molar-refractivity contribution is 0.102. The van der Waals surface area contributed by atoms with E-state index in [0.717, 1.165) is 25.2 Å². The van der Waals surface area contributed by atoms with Crippen LogP contribution in [0.2, 0.25) is 5.15 Å². The number of anilines is 1. The Labute approximate surface area is 134 Å². The molecule has 4 nitrogen and oxygen atoms in total. The first kappa shape index (κ1) is 15.8. The zero-order chi connectivity index (χ0) is 13.9. The van der Waals surface area contributed by atoms with Crippen LogP contribution in [0.15, 0.2) is 36.5 Å². The molecular formula is C15H15Cl2N3O. The molecule has 0 atom stereocenters. The Morgan fingerprint density at radius 3 is 2.86 bits per heavy atom. The van der Waals surface area contributed by atoms with E-state index in [1.165, 1.54) is 17.3 Å². The maximum absolute atomic E-state index is 12.1. The summed E-state index contributed by atoms with van der Waals surface area (Å²) in [5.41, 5.74) is 3.87. The van der Waals surface area contributed by atoms with Crippen LogP contribution in [0, 0.1) is 0 Å². The van der Waals surface area contributed by atoms with Crippen LogP contribution >= 0.6 is 24.0 Å². The van der Waals surface area contributed by atoms with Crippen LogP contribution in [0.4, 0.5) is 5.69 Å². The molecular weight excluding hydrogens is 309 g/mol. The van der Waals surface area contributed by atoms with Crippen molar-refractivity contribution in [2.24, 2.45) is 0 Å². The summed E-state index contributed by atoms with van der Waals surface area (Å²) in [5.74, 6) is -0.183. The third-order valence-electron chi connectivity index (χ3n) is 3.34. The van der Waals surface area contributed by atoms with Crippen molar-refractivity contribution >= 4 is 35.6 Å². The lowest BCUT2D eigenvalue weighted by Crippen LogP contribution is -2.23. The summed E-state index contributed by atoms with van der Waals surface area (Å²) in [6.07, 6.45) is 2.50. The fourth-order valence-corrected chi connectivity index (χ4v) is 2.38. The van der Waals surface area contributed by atoms with Gasteiger partial charge in [0, 0.05) is 18.4 Å². The molecule has 0 unspecified atom stereocenters. The van der Waals surface area contributed by atoms with Crippen LogP contribution < -0.4 is 10.6 Å². The van der Waals surface area contributed by atoms with Crippen molar-refractivity contribution in [1.82, 2.24) is 10.3 Å². The number of amides is 1. The summed E-state index contributed by atoms with van der Waals surface area (Å²) < 4.78 is 0.